The standard InChI is InChI=1S/C21H14F3NO4/c22-21(23,24)29-14-11-9-13(10-12-14)25-19(26)17-7-3-1-5-15(17)16-6-2-4-8-18(16)20(27)28/h1-12H,(H,25,26)(H,27,28)/p-1. The zero-order valence-corrected chi connectivity index (χ0v) is 14.7. The van der Waals surface area contributed by atoms with Crippen LogP contribution >= 0.6 is 0 Å². The molecule has 3 aromatic carbocycles. The van der Waals surface area contributed by atoms with Crippen LogP contribution in [0.3, 0.4) is 0 Å². The molecule has 0 saturated heterocycles. The van der Waals surface area contributed by atoms with Crippen molar-refractivity contribution in [2.24, 2.45) is 0 Å². The summed E-state index contributed by atoms with van der Waals surface area (Å²) in [5.74, 6) is -2.35. The number of carbonyl (C=O) groups is 2. The molecule has 0 aliphatic rings. The molecule has 148 valence electrons. The third-order valence-corrected chi connectivity index (χ3v) is 3.95. The number of rotatable bonds is 5. The predicted molar refractivity (Wildman–Crippen MR) is 97.3 cm³/mol. The fourth-order valence-electron chi connectivity index (χ4n) is 2.75. The van der Waals surface area contributed by atoms with Crippen molar-refractivity contribution in [3.8, 4) is 16.9 Å². The van der Waals surface area contributed by atoms with Gasteiger partial charge in [0.05, 0.1) is 5.97 Å². The van der Waals surface area contributed by atoms with Crippen molar-refractivity contribution in [3.05, 3.63) is 83.9 Å². The van der Waals surface area contributed by atoms with E-state index in [0.29, 0.717) is 11.1 Å². The number of anilines is 1. The molecule has 0 radical (unpaired) electrons. The molecule has 3 aromatic rings. The summed E-state index contributed by atoms with van der Waals surface area (Å²) in [5.41, 5.74) is 1.06. The van der Waals surface area contributed by atoms with Gasteiger partial charge in [-0.1, -0.05) is 42.5 Å². The normalized spacial score (nSPS) is 11.0. The minimum absolute atomic E-state index is 0.0681. The summed E-state index contributed by atoms with van der Waals surface area (Å²) in [7, 11) is 0. The first-order valence-electron chi connectivity index (χ1n) is 8.31. The Bertz CT molecular complexity index is 1050. The summed E-state index contributed by atoms with van der Waals surface area (Å²) >= 11 is 0. The predicted octanol–water partition coefficient (Wildman–Crippen LogP) is 3.87. The van der Waals surface area contributed by atoms with Crippen LogP contribution in [0.5, 0.6) is 5.75 Å². The number of halogens is 3. The van der Waals surface area contributed by atoms with Gasteiger partial charge < -0.3 is 20.0 Å². The molecule has 1 amide bonds. The number of aromatic carboxylic acids is 1. The lowest BCUT2D eigenvalue weighted by Crippen LogP contribution is -2.23. The Hall–Kier alpha value is -3.81. The van der Waals surface area contributed by atoms with E-state index in [-0.39, 0.29) is 16.8 Å². The van der Waals surface area contributed by atoms with Gasteiger partial charge in [-0.25, -0.2) is 0 Å². The zero-order chi connectivity index (χ0) is 21.0. The van der Waals surface area contributed by atoms with Crippen LogP contribution < -0.4 is 15.2 Å². The Morgan fingerprint density at radius 3 is 1.86 bits per heavy atom. The van der Waals surface area contributed by atoms with Crippen LogP contribution in [-0.2, 0) is 0 Å². The lowest BCUT2D eigenvalue weighted by Gasteiger charge is -2.15. The van der Waals surface area contributed by atoms with Crippen LogP contribution in [-0.4, -0.2) is 18.2 Å². The van der Waals surface area contributed by atoms with Gasteiger partial charge in [0, 0.05) is 16.8 Å². The maximum Gasteiger partial charge on any atom is 0.573 e. The number of carboxylic acid groups (broad SMARTS) is 1. The third-order valence-electron chi connectivity index (χ3n) is 3.95. The van der Waals surface area contributed by atoms with Gasteiger partial charge in [-0.05, 0) is 41.5 Å². The highest BCUT2D eigenvalue weighted by atomic mass is 19.4. The molecule has 5 nitrogen and oxygen atoms in total. The summed E-state index contributed by atoms with van der Waals surface area (Å²) in [6, 6.07) is 17.1. The van der Waals surface area contributed by atoms with Gasteiger partial charge in [0.2, 0.25) is 0 Å². The quantitative estimate of drug-likeness (QED) is 0.705. The van der Waals surface area contributed by atoms with Crippen molar-refractivity contribution in [3.63, 3.8) is 0 Å². The molecule has 0 saturated carbocycles. The topological polar surface area (TPSA) is 78.5 Å². The van der Waals surface area contributed by atoms with Crippen LogP contribution in [0.25, 0.3) is 11.1 Å². The average molecular weight is 400 g/mol. The smallest absolute Gasteiger partial charge is 0.545 e. The van der Waals surface area contributed by atoms with Crippen LogP contribution in [0.4, 0.5) is 18.9 Å². The number of carboxylic acids is 1. The lowest BCUT2D eigenvalue weighted by atomic mass is 9.95. The number of hydrogen-bond donors (Lipinski definition) is 1. The lowest BCUT2D eigenvalue weighted by molar-refractivity contribution is -0.274. The van der Waals surface area contributed by atoms with E-state index in [4.69, 9.17) is 0 Å². The maximum atomic E-state index is 12.7. The Kier molecular flexibility index (Phi) is 5.54. The molecule has 0 atom stereocenters. The van der Waals surface area contributed by atoms with Crippen LogP contribution in [0.2, 0.25) is 0 Å². The van der Waals surface area contributed by atoms with E-state index in [2.05, 4.69) is 10.1 Å². The van der Waals surface area contributed by atoms with Gasteiger partial charge >= 0.3 is 6.36 Å². The molecule has 0 spiro atoms. The second-order valence-electron chi connectivity index (χ2n) is 5.90. The highest BCUT2D eigenvalue weighted by Crippen LogP contribution is 2.28. The van der Waals surface area contributed by atoms with E-state index in [9.17, 15) is 27.9 Å². The van der Waals surface area contributed by atoms with Crippen molar-refractivity contribution in [1.82, 2.24) is 0 Å². The summed E-state index contributed by atoms with van der Waals surface area (Å²) in [4.78, 5) is 24.1. The molecule has 0 aromatic heterocycles. The number of ether oxygens (including phenoxy) is 1. The average Bonchev–Trinajstić information content (AvgIpc) is 2.68. The van der Waals surface area contributed by atoms with Gasteiger partial charge in [0.15, 0.2) is 0 Å². The van der Waals surface area contributed by atoms with E-state index >= 15 is 0 Å². The number of nitrogens with one attached hydrogen (secondary N) is 1. The fraction of sp³-hybridized carbons (Fsp3) is 0.0476. The number of benzene rings is 3. The zero-order valence-electron chi connectivity index (χ0n) is 14.7. The van der Waals surface area contributed by atoms with Crippen molar-refractivity contribution in [2.45, 2.75) is 6.36 Å². The highest BCUT2D eigenvalue weighted by Gasteiger charge is 2.31. The van der Waals surface area contributed by atoms with Gasteiger partial charge in [0.25, 0.3) is 5.91 Å². The molecular weight excluding hydrogens is 387 g/mol. The summed E-state index contributed by atoms with van der Waals surface area (Å²) in [6.45, 7) is 0. The SMILES string of the molecule is O=C([O-])c1ccccc1-c1ccccc1C(=O)Nc1ccc(OC(F)(F)F)cc1. The van der Waals surface area contributed by atoms with E-state index in [1.54, 1.807) is 36.4 Å². The highest BCUT2D eigenvalue weighted by molar-refractivity contribution is 6.10. The Labute approximate surface area is 163 Å². The van der Waals surface area contributed by atoms with Gasteiger partial charge in [-0.3, -0.25) is 4.79 Å². The molecule has 0 bridgehead atoms. The summed E-state index contributed by atoms with van der Waals surface area (Å²) < 4.78 is 40.5. The molecule has 0 heterocycles. The Morgan fingerprint density at radius 1 is 0.793 bits per heavy atom. The number of carbonyl (C=O) groups excluding carboxylic acids is 2. The fourth-order valence-corrected chi connectivity index (χ4v) is 2.75. The van der Waals surface area contributed by atoms with Crippen molar-refractivity contribution in [1.29, 1.82) is 0 Å². The van der Waals surface area contributed by atoms with Crippen LogP contribution in [0.1, 0.15) is 20.7 Å². The van der Waals surface area contributed by atoms with Gasteiger partial charge in [-0.15, -0.1) is 13.2 Å². The maximum absolute atomic E-state index is 12.7. The molecule has 8 heteroatoms. The van der Waals surface area contributed by atoms with Gasteiger partial charge in [0.1, 0.15) is 5.75 Å². The minimum atomic E-state index is -4.81. The van der Waals surface area contributed by atoms with Crippen LogP contribution in [0, 0.1) is 0 Å². The molecule has 0 unspecified atom stereocenters. The molecule has 29 heavy (non-hydrogen) atoms. The van der Waals surface area contributed by atoms with Crippen LogP contribution in [0.15, 0.2) is 72.8 Å². The Morgan fingerprint density at radius 2 is 1.31 bits per heavy atom. The Balaban J connectivity index is 1.87. The third kappa shape index (κ3) is 4.92. The number of alkyl halides is 3. The molecule has 0 aliphatic carbocycles. The van der Waals surface area contributed by atoms with Gasteiger partial charge in [-0.2, -0.15) is 0 Å². The molecule has 0 fully saturated rings. The van der Waals surface area contributed by atoms with Crippen molar-refractivity contribution < 1.29 is 32.6 Å². The minimum Gasteiger partial charge on any atom is -0.545 e. The first-order valence-corrected chi connectivity index (χ1v) is 8.31. The second kappa shape index (κ2) is 8.05. The van der Waals surface area contributed by atoms with E-state index < -0.39 is 24.0 Å². The summed E-state index contributed by atoms with van der Waals surface area (Å²) in [5, 5.41) is 14.0. The van der Waals surface area contributed by atoms with E-state index in [0.717, 1.165) is 12.1 Å². The first kappa shape index (κ1) is 19.9. The second-order valence-corrected chi connectivity index (χ2v) is 5.90. The molecule has 0 aliphatic heterocycles. The summed E-state index contributed by atoms with van der Waals surface area (Å²) in [6.07, 6.45) is -4.81. The van der Waals surface area contributed by atoms with Crippen molar-refractivity contribution in [2.75, 3.05) is 5.32 Å². The monoisotopic (exact) mass is 400 g/mol. The van der Waals surface area contributed by atoms with E-state index in [1.165, 1.54) is 24.3 Å². The first-order chi connectivity index (χ1) is 13.7. The number of amides is 1. The molecular formula is C21H13F3NO4-. The van der Waals surface area contributed by atoms with Crippen molar-refractivity contribution >= 4 is 17.6 Å². The number of hydrogen-bond acceptors (Lipinski definition) is 4. The molecule has 1 N–H and O–H groups in total. The molecule has 3 rings (SSSR count). The largest absolute Gasteiger partial charge is 0.573 e. The van der Waals surface area contributed by atoms with E-state index in [1.807, 2.05) is 0 Å².